The number of nitrogens with one attached hydrogen (secondary N) is 2. The number of hydrogen-bond donors (Lipinski definition) is 3. The van der Waals surface area contributed by atoms with E-state index >= 15 is 0 Å². The second kappa shape index (κ2) is 10.9. The van der Waals surface area contributed by atoms with Crippen LogP contribution in [0, 0.1) is 5.92 Å². The minimum Gasteiger partial charge on any atom is -0.388 e. The number of likely N-dealkylation sites (tertiary alicyclic amines) is 1. The fourth-order valence-electron chi connectivity index (χ4n) is 4.74. The number of carbonyl (C=O) groups excluding carboxylic acids is 2. The molecule has 5 rings (SSSR count). The van der Waals surface area contributed by atoms with Gasteiger partial charge in [0.2, 0.25) is 5.91 Å². The van der Waals surface area contributed by atoms with Gasteiger partial charge in [0.15, 0.2) is 5.65 Å². The number of rotatable bonds is 9. The predicted octanol–water partition coefficient (Wildman–Crippen LogP) is 1.50. The Bertz CT molecular complexity index is 1350. The van der Waals surface area contributed by atoms with Crippen LogP contribution >= 0.6 is 0 Å². The number of methoxy groups -OCH3 is 1. The van der Waals surface area contributed by atoms with E-state index in [1.54, 1.807) is 36.1 Å². The molecule has 3 heterocycles. The number of amides is 3. The fourth-order valence-corrected chi connectivity index (χ4v) is 4.74. The van der Waals surface area contributed by atoms with Crippen LogP contribution in [0.3, 0.4) is 0 Å². The van der Waals surface area contributed by atoms with Crippen molar-refractivity contribution < 1.29 is 19.4 Å². The standard InChI is InChI=1S/C26H33N7O5/c1-38-14-2-11-27-25(36)30-19-5-7-20(8-6-19)33-22-21(15-29-33)24(35)32(17-28-22)16-26(37)9-12-31(13-10-26)23(34)18-3-4-18/h5-8,15,17-18,37H,2-4,9-14,16H2,1H3,(H2,27,30,36). The Hall–Kier alpha value is -3.77. The summed E-state index contributed by atoms with van der Waals surface area (Å²) in [6, 6.07) is 6.74. The zero-order valence-electron chi connectivity index (χ0n) is 21.4. The molecule has 2 aliphatic rings. The lowest BCUT2D eigenvalue weighted by molar-refractivity contribution is -0.137. The number of carbonyl (C=O) groups is 2. The average Bonchev–Trinajstić information content (AvgIpc) is 3.68. The summed E-state index contributed by atoms with van der Waals surface area (Å²) in [6.07, 6.45) is 6.39. The summed E-state index contributed by atoms with van der Waals surface area (Å²) in [5.74, 6) is 0.347. The Labute approximate surface area is 219 Å². The third-order valence-electron chi connectivity index (χ3n) is 7.13. The summed E-state index contributed by atoms with van der Waals surface area (Å²) in [6.45, 7) is 2.19. The molecule has 1 aliphatic heterocycles. The van der Waals surface area contributed by atoms with Gasteiger partial charge in [-0.15, -0.1) is 0 Å². The largest absolute Gasteiger partial charge is 0.388 e. The molecule has 1 saturated carbocycles. The predicted molar refractivity (Wildman–Crippen MR) is 140 cm³/mol. The highest BCUT2D eigenvalue weighted by Gasteiger charge is 2.39. The lowest BCUT2D eigenvalue weighted by Gasteiger charge is -2.38. The number of aromatic nitrogens is 4. The molecular formula is C26H33N7O5. The van der Waals surface area contributed by atoms with Gasteiger partial charge >= 0.3 is 6.03 Å². The number of aliphatic hydroxyl groups is 1. The minimum absolute atomic E-state index is 0.110. The van der Waals surface area contributed by atoms with Gasteiger partial charge in [0.25, 0.3) is 5.56 Å². The van der Waals surface area contributed by atoms with Crippen LogP contribution in [0.1, 0.15) is 32.1 Å². The van der Waals surface area contributed by atoms with E-state index in [9.17, 15) is 19.5 Å². The molecule has 2 fully saturated rings. The van der Waals surface area contributed by atoms with Gasteiger partial charge in [-0.05, 0) is 56.4 Å². The van der Waals surface area contributed by atoms with Gasteiger partial charge in [0.1, 0.15) is 11.7 Å². The van der Waals surface area contributed by atoms with Crippen molar-refractivity contribution >= 4 is 28.7 Å². The van der Waals surface area contributed by atoms with Crippen LogP contribution in [0.4, 0.5) is 10.5 Å². The molecule has 38 heavy (non-hydrogen) atoms. The molecule has 1 saturated heterocycles. The first-order chi connectivity index (χ1) is 18.4. The van der Waals surface area contributed by atoms with Crippen molar-refractivity contribution in [1.29, 1.82) is 0 Å². The maximum atomic E-state index is 13.2. The highest BCUT2D eigenvalue weighted by Crippen LogP contribution is 2.33. The van der Waals surface area contributed by atoms with Crippen molar-refractivity contribution in [3.05, 3.63) is 47.1 Å². The Morgan fingerprint density at radius 3 is 2.61 bits per heavy atom. The molecule has 0 atom stereocenters. The Morgan fingerprint density at radius 2 is 1.92 bits per heavy atom. The maximum Gasteiger partial charge on any atom is 0.319 e. The van der Waals surface area contributed by atoms with Gasteiger partial charge in [0.05, 0.1) is 24.0 Å². The van der Waals surface area contributed by atoms with E-state index in [0.717, 1.165) is 19.3 Å². The molecule has 0 spiro atoms. The van der Waals surface area contributed by atoms with E-state index in [0.29, 0.717) is 61.5 Å². The SMILES string of the molecule is COCCCNC(=O)Nc1ccc(-n2ncc3c(=O)n(CC4(O)CCN(C(=O)C5CC5)CC4)cnc32)cc1. The molecule has 2 aromatic heterocycles. The Morgan fingerprint density at radius 1 is 1.18 bits per heavy atom. The van der Waals surface area contributed by atoms with Crippen LogP contribution in [0.25, 0.3) is 16.7 Å². The van der Waals surface area contributed by atoms with Crippen molar-refractivity contribution in [2.24, 2.45) is 5.92 Å². The molecule has 12 heteroatoms. The molecule has 0 radical (unpaired) electrons. The van der Waals surface area contributed by atoms with Gasteiger partial charge in [0, 0.05) is 45.0 Å². The van der Waals surface area contributed by atoms with E-state index in [-0.39, 0.29) is 30.0 Å². The van der Waals surface area contributed by atoms with Crippen LogP contribution in [-0.4, -0.2) is 80.2 Å². The van der Waals surface area contributed by atoms with Crippen LogP contribution in [0.15, 0.2) is 41.6 Å². The molecule has 0 bridgehead atoms. The molecule has 3 aromatic rings. The first-order valence-electron chi connectivity index (χ1n) is 13.0. The summed E-state index contributed by atoms with van der Waals surface area (Å²) in [5.41, 5.74) is 0.341. The molecule has 3 N–H and O–H groups in total. The Kier molecular flexibility index (Phi) is 7.43. The molecule has 1 aromatic carbocycles. The number of ether oxygens (including phenoxy) is 1. The summed E-state index contributed by atoms with van der Waals surface area (Å²) < 4.78 is 7.95. The van der Waals surface area contributed by atoms with Crippen molar-refractivity contribution in [2.45, 2.75) is 44.2 Å². The van der Waals surface area contributed by atoms with Crippen molar-refractivity contribution in [1.82, 2.24) is 29.5 Å². The summed E-state index contributed by atoms with van der Waals surface area (Å²) in [4.78, 5) is 43.8. The summed E-state index contributed by atoms with van der Waals surface area (Å²) in [7, 11) is 1.62. The number of anilines is 1. The zero-order chi connectivity index (χ0) is 26.7. The second-order valence-corrected chi connectivity index (χ2v) is 10.1. The smallest absolute Gasteiger partial charge is 0.319 e. The van der Waals surface area contributed by atoms with E-state index < -0.39 is 5.60 Å². The molecular weight excluding hydrogens is 490 g/mol. The van der Waals surface area contributed by atoms with Gasteiger partial charge in [-0.3, -0.25) is 14.2 Å². The molecule has 12 nitrogen and oxygen atoms in total. The maximum absolute atomic E-state index is 13.2. The topological polar surface area (TPSA) is 144 Å². The quantitative estimate of drug-likeness (QED) is 0.361. The van der Waals surface area contributed by atoms with Crippen LogP contribution in [0.2, 0.25) is 0 Å². The summed E-state index contributed by atoms with van der Waals surface area (Å²) in [5, 5.41) is 21.4. The van der Waals surface area contributed by atoms with Crippen LogP contribution < -0.4 is 16.2 Å². The van der Waals surface area contributed by atoms with Gasteiger partial charge in [-0.25, -0.2) is 14.5 Å². The molecule has 0 unspecified atom stereocenters. The van der Waals surface area contributed by atoms with E-state index in [4.69, 9.17) is 4.74 Å². The van der Waals surface area contributed by atoms with Gasteiger partial charge in [-0.2, -0.15) is 5.10 Å². The van der Waals surface area contributed by atoms with Crippen LogP contribution in [0.5, 0.6) is 0 Å². The number of fused-ring (bicyclic) bond motifs is 1. The first-order valence-corrected chi connectivity index (χ1v) is 13.0. The lowest BCUT2D eigenvalue weighted by Crippen LogP contribution is -2.50. The van der Waals surface area contributed by atoms with Crippen molar-refractivity contribution in [3.8, 4) is 5.69 Å². The average molecular weight is 524 g/mol. The number of urea groups is 1. The molecule has 1 aliphatic carbocycles. The van der Waals surface area contributed by atoms with Gasteiger partial charge in [-0.1, -0.05) is 0 Å². The fraction of sp³-hybridized carbons (Fsp3) is 0.500. The summed E-state index contributed by atoms with van der Waals surface area (Å²) >= 11 is 0. The van der Waals surface area contributed by atoms with Gasteiger partial charge < -0.3 is 25.4 Å². The highest BCUT2D eigenvalue weighted by molar-refractivity contribution is 5.89. The van der Waals surface area contributed by atoms with E-state index in [2.05, 4.69) is 20.7 Å². The van der Waals surface area contributed by atoms with E-state index in [1.165, 1.54) is 17.1 Å². The monoisotopic (exact) mass is 523 g/mol. The second-order valence-electron chi connectivity index (χ2n) is 10.1. The normalized spacial score (nSPS) is 16.9. The number of piperidine rings is 1. The number of nitrogens with zero attached hydrogens (tertiary/aromatic N) is 5. The minimum atomic E-state index is -1.07. The number of hydrogen-bond acceptors (Lipinski definition) is 7. The first kappa shape index (κ1) is 25.9. The molecule has 3 amide bonds. The van der Waals surface area contributed by atoms with E-state index in [1.807, 2.05) is 4.90 Å². The third-order valence-corrected chi connectivity index (χ3v) is 7.13. The highest BCUT2D eigenvalue weighted by atomic mass is 16.5. The number of benzene rings is 1. The van der Waals surface area contributed by atoms with Crippen molar-refractivity contribution in [2.75, 3.05) is 38.7 Å². The zero-order valence-corrected chi connectivity index (χ0v) is 21.4. The van der Waals surface area contributed by atoms with Crippen molar-refractivity contribution in [3.63, 3.8) is 0 Å². The van der Waals surface area contributed by atoms with Crippen LogP contribution in [-0.2, 0) is 16.1 Å². The lowest BCUT2D eigenvalue weighted by atomic mass is 9.91. The molecule has 202 valence electrons. The Balaban J connectivity index is 1.24. The third kappa shape index (κ3) is 5.70.